The second-order valence-electron chi connectivity index (χ2n) is 13.2. The van der Waals surface area contributed by atoms with E-state index in [0.29, 0.717) is 0 Å². The van der Waals surface area contributed by atoms with Gasteiger partial charge in [-0.1, -0.05) is 198 Å². The van der Waals surface area contributed by atoms with Gasteiger partial charge in [-0.25, -0.2) is 0 Å². The van der Waals surface area contributed by atoms with Gasteiger partial charge in [0.05, 0.1) is 0 Å². The van der Waals surface area contributed by atoms with Crippen LogP contribution in [0.2, 0.25) is 0 Å². The lowest BCUT2D eigenvalue weighted by Crippen LogP contribution is -2.29. The molecule has 6 rings (SSSR count). The summed E-state index contributed by atoms with van der Waals surface area (Å²) >= 11 is 0. The summed E-state index contributed by atoms with van der Waals surface area (Å²) in [4.78, 5) is 0. The van der Waals surface area contributed by atoms with E-state index in [4.69, 9.17) is 0 Å². The van der Waals surface area contributed by atoms with Gasteiger partial charge in [0.1, 0.15) is 0 Å². The molecule has 5 aromatic carbocycles. The maximum Gasteiger partial charge on any atom is 0.0451 e. The molecule has 0 saturated carbocycles. The highest BCUT2D eigenvalue weighted by molar-refractivity contribution is 5.77. The first kappa shape index (κ1) is 31.1. The predicted octanol–water partition coefficient (Wildman–Crippen LogP) is 12.5. The van der Waals surface area contributed by atoms with E-state index in [2.05, 4.69) is 133 Å². The molecule has 0 radical (unpaired) electrons. The van der Waals surface area contributed by atoms with Crippen molar-refractivity contribution in [1.29, 1.82) is 0 Å². The molecule has 0 heteroatoms. The lowest BCUT2D eigenvalue weighted by atomic mass is 9.66. The van der Waals surface area contributed by atoms with Crippen LogP contribution in [0.5, 0.6) is 0 Å². The largest absolute Gasteiger partial charge is 0.0622 e. The van der Waals surface area contributed by atoms with Crippen LogP contribution in [0.4, 0.5) is 0 Å². The number of unbranched alkanes of at least 4 members (excludes halogenated alkanes) is 10. The van der Waals surface area contributed by atoms with E-state index in [-0.39, 0.29) is 5.41 Å². The van der Waals surface area contributed by atoms with Gasteiger partial charge in [0.25, 0.3) is 0 Å². The molecule has 0 aromatic heterocycles. The van der Waals surface area contributed by atoms with Crippen molar-refractivity contribution in [2.75, 3.05) is 0 Å². The first-order valence-electron chi connectivity index (χ1n) is 17.7. The fourth-order valence-electron chi connectivity index (χ4n) is 7.86. The Kier molecular flexibility index (Phi) is 11.0. The van der Waals surface area contributed by atoms with Crippen LogP contribution in [-0.4, -0.2) is 0 Å². The van der Waals surface area contributed by atoms with E-state index in [1.54, 1.807) is 11.1 Å². The lowest BCUT2D eigenvalue weighted by molar-refractivity contribution is 0.492. The molecule has 0 spiro atoms. The minimum absolute atomic E-state index is 0.102. The van der Waals surface area contributed by atoms with Crippen LogP contribution < -0.4 is 0 Å². The summed E-state index contributed by atoms with van der Waals surface area (Å²) in [5.41, 5.74) is 11.7. The van der Waals surface area contributed by atoms with Crippen LogP contribution in [0.15, 0.2) is 133 Å². The standard InChI is InChI=1S/C45H50/c1(2-4-6-8-13-24-37-26-23-34-43-42-33-21-20-25-38(42)36-44(37)43)3-5-7-9-22-35-45(39-27-14-10-15-28-39,40-29-16-11-17-30-40)41-31-18-12-19-32-41/h10-12,14-21,23,25-34H,1-9,13,22,24,35-36H2. The van der Waals surface area contributed by atoms with E-state index in [0.717, 1.165) is 12.8 Å². The highest BCUT2D eigenvalue weighted by atomic mass is 14.4. The third-order valence-corrected chi connectivity index (χ3v) is 10.2. The maximum absolute atomic E-state index is 2.37. The maximum atomic E-state index is 2.37. The molecule has 230 valence electrons. The minimum Gasteiger partial charge on any atom is -0.0622 e. The Labute approximate surface area is 272 Å². The van der Waals surface area contributed by atoms with Crippen LogP contribution in [0.25, 0.3) is 11.1 Å². The zero-order chi connectivity index (χ0) is 30.6. The topological polar surface area (TPSA) is 0 Å². The summed E-state index contributed by atoms with van der Waals surface area (Å²) in [7, 11) is 0. The van der Waals surface area contributed by atoms with Crippen LogP contribution >= 0.6 is 0 Å². The molecule has 0 atom stereocenters. The molecular formula is C45H50. The fourth-order valence-corrected chi connectivity index (χ4v) is 7.86. The monoisotopic (exact) mass is 590 g/mol. The Morgan fingerprint density at radius 1 is 0.378 bits per heavy atom. The lowest BCUT2D eigenvalue weighted by Gasteiger charge is -2.36. The number of aryl methyl sites for hydroxylation is 1. The highest BCUT2D eigenvalue weighted by Crippen LogP contribution is 2.43. The van der Waals surface area contributed by atoms with Crippen LogP contribution in [0.1, 0.15) is 110 Å². The number of hydrogen-bond acceptors (Lipinski definition) is 0. The van der Waals surface area contributed by atoms with Gasteiger partial charge in [0.2, 0.25) is 0 Å². The molecule has 45 heavy (non-hydrogen) atoms. The summed E-state index contributed by atoms with van der Waals surface area (Å²) in [6.45, 7) is 0. The Morgan fingerprint density at radius 2 is 0.822 bits per heavy atom. The van der Waals surface area contributed by atoms with E-state index in [1.807, 2.05) is 0 Å². The van der Waals surface area contributed by atoms with Gasteiger partial charge < -0.3 is 0 Å². The number of benzene rings is 5. The summed E-state index contributed by atoms with van der Waals surface area (Å²) in [6.07, 6.45) is 18.4. The van der Waals surface area contributed by atoms with Crippen molar-refractivity contribution in [3.63, 3.8) is 0 Å². The van der Waals surface area contributed by atoms with Gasteiger partial charge in [-0.05, 0) is 70.2 Å². The number of hydrogen-bond donors (Lipinski definition) is 0. The molecule has 5 aromatic rings. The van der Waals surface area contributed by atoms with Gasteiger partial charge >= 0.3 is 0 Å². The molecule has 0 saturated heterocycles. The number of fused-ring (bicyclic) bond motifs is 3. The van der Waals surface area contributed by atoms with Crippen molar-refractivity contribution in [1.82, 2.24) is 0 Å². The zero-order valence-corrected chi connectivity index (χ0v) is 27.1. The molecule has 1 aliphatic carbocycles. The summed E-state index contributed by atoms with van der Waals surface area (Å²) in [5.74, 6) is 0. The van der Waals surface area contributed by atoms with E-state index < -0.39 is 0 Å². The molecule has 0 unspecified atom stereocenters. The van der Waals surface area contributed by atoms with Crippen molar-refractivity contribution in [2.24, 2.45) is 0 Å². The number of rotatable bonds is 17. The van der Waals surface area contributed by atoms with Gasteiger partial charge in [-0.15, -0.1) is 0 Å². The molecule has 0 aliphatic heterocycles. The molecule has 0 fully saturated rings. The normalized spacial score (nSPS) is 12.2. The summed E-state index contributed by atoms with van der Waals surface area (Å²) in [5, 5.41) is 0. The Bertz CT molecular complexity index is 1490. The predicted molar refractivity (Wildman–Crippen MR) is 193 cm³/mol. The van der Waals surface area contributed by atoms with Gasteiger partial charge in [0.15, 0.2) is 0 Å². The van der Waals surface area contributed by atoms with Crippen molar-refractivity contribution in [3.05, 3.63) is 167 Å². The molecule has 0 bridgehead atoms. The Morgan fingerprint density at radius 3 is 1.38 bits per heavy atom. The first-order valence-corrected chi connectivity index (χ1v) is 17.7. The minimum atomic E-state index is -0.102. The molecule has 0 amide bonds. The van der Waals surface area contributed by atoms with Gasteiger partial charge in [-0.3, -0.25) is 0 Å². The third-order valence-electron chi connectivity index (χ3n) is 10.2. The average molecular weight is 591 g/mol. The molecule has 0 heterocycles. The van der Waals surface area contributed by atoms with E-state index >= 15 is 0 Å². The highest BCUT2D eigenvalue weighted by Gasteiger charge is 2.35. The molecular weight excluding hydrogens is 540 g/mol. The smallest absolute Gasteiger partial charge is 0.0451 e. The average Bonchev–Trinajstić information content (AvgIpc) is 3.49. The fraction of sp³-hybridized carbons (Fsp3) is 0.333. The van der Waals surface area contributed by atoms with Crippen LogP contribution in [0, 0.1) is 0 Å². The van der Waals surface area contributed by atoms with E-state index in [1.165, 1.54) is 110 Å². The molecule has 0 N–H and O–H groups in total. The van der Waals surface area contributed by atoms with Crippen molar-refractivity contribution in [2.45, 2.75) is 95.3 Å². The SMILES string of the molecule is c1ccc(C(CCCCCCCCCCCCCc2cccc3c2Cc2ccccc2-3)(c2ccccc2)c2ccccc2)cc1. The van der Waals surface area contributed by atoms with Crippen LogP contribution in [0.3, 0.4) is 0 Å². The van der Waals surface area contributed by atoms with Crippen molar-refractivity contribution < 1.29 is 0 Å². The first-order chi connectivity index (χ1) is 22.4. The summed E-state index contributed by atoms with van der Waals surface area (Å²) < 4.78 is 0. The second kappa shape index (κ2) is 15.9. The third kappa shape index (κ3) is 7.50. The zero-order valence-electron chi connectivity index (χ0n) is 27.1. The van der Waals surface area contributed by atoms with Gasteiger partial charge in [0, 0.05) is 5.41 Å². The quantitative estimate of drug-likeness (QED) is 0.0732. The van der Waals surface area contributed by atoms with Crippen molar-refractivity contribution >= 4 is 0 Å². The Balaban J connectivity index is 0.892. The Hall–Kier alpha value is -3.90. The summed E-state index contributed by atoms with van der Waals surface area (Å²) in [6, 6.07) is 49.5. The van der Waals surface area contributed by atoms with Crippen LogP contribution in [-0.2, 0) is 18.3 Å². The van der Waals surface area contributed by atoms with Gasteiger partial charge in [-0.2, -0.15) is 0 Å². The molecule has 0 nitrogen and oxygen atoms in total. The molecule has 1 aliphatic rings. The van der Waals surface area contributed by atoms with Crippen molar-refractivity contribution in [3.8, 4) is 11.1 Å². The van der Waals surface area contributed by atoms with E-state index in [9.17, 15) is 0 Å². The second-order valence-corrected chi connectivity index (χ2v) is 13.2.